The first-order valence-corrected chi connectivity index (χ1v) is 21.4. The van der Waals surface area contributed by atoms with Gasteiger partial charge in [0.15, 0.2) is 8.07 Å². The Morgan fingerprint density at radius 1 is 0.351 bits per heavy atom. The Kier molecular flexibility index (Phi) is 7.79. The molecule has 11 aromatic rings. The van der Waals surface area contributed by atoms with E-state index in [4.69, 9.17) is 9.97 Å². The highest BCUT2D eigenvalue weighted by Crippen LogP contribution is 2.42. The van der Waals surface area contributed by atoms with Crippen molar-refractivity contribution in [3.63, 3.8) is 0 Å². The molecule has 4 heterocycles. The zero-order chi connectivity index (χ0) is 37.8. The molecule has 7 aromatic carbocycles. The molecule has 57 heavy (non-hydrogen) atoms. The van der Waals surface area contributed by atoms with Crippen molar-refractivity contribution in [3.05, 3.63) is 219 Å². The van der Waals surface area contributed by atoms with Crippen molar-refractivity contribution in [2.45, 2.75) is 0 Å². The second kappa shape index (κ2) is 13.4. The molecule has 0 saturated carbocycles. The molecule has 0 aliphatic rings. The maximum Gasteiger partial charge on any atom is 0.179 e. The number of rotatable bonds is 7. The van der Waals surface area contributed by atoms with Gasteiger partial charge in [0.25, 0.3) is 0 Å². The summed E-state index contributed by atoms with van der Waals surface area (Å²) < 4.78 is 4.78. The first-order valence-electron chi connectivity index (χ1n) is 19.4. The van der Waals surface area contributed by atoms with Gasteiger partial charge in [-0.25, -0.2) is 4.98 Å². The predicted octanol–water partition coefficient (Wildman–Crippen LogP) is 9.72. The largest absolute Gasteiger partial charge is 0.309 e. The van der Waals surface area contributed by atoms with Crippen LogP contribution in [0.25, 0.3) is 66.4 Å². The molecule has 4 aromatic heterocycles. The number of fused-ring (bicyclic) bond motifs is 7. The number of nitrogens with zero attached hydrogens (tertiary/aromatic N) is 4. The summed E-state index contributed by atoms with van der Waals surface area (Å²) in [5, 5.41) is 10.2. The van der Waals surface area contributed by atoms with Crippen LogP contribution in [-0.4, -0.2) is 27.2 Å². The van der Waals surface area contributed by atoms with Crippen molar-refractivity contribution >= 4 is 72.4 Å². The lowest BCUT2D eigenvalue weighted by atomic mass is 10.1. The summed E-state index contributed by atoms with van der Waals surface area (Å²) in [4.78, 5) is 9.76. The van der Waals surface area contributed by atoms with Crippen LogP contribution in [0.1, 0.15) is 0 Å². The fourth-order valence-corrected chi connectivity index (χ4v) is 14.0. The van der Waals surface area contributed by atoms with Gasteiger partial charge in [-0.2, -0.15) is 0 Å². The van der Waals surface area contributed by atoms with Crippen LogP contribution in [0.4, 0.5) is 0 Å². The standard InChI is InChI=1S/C52H36N4Si/c1-4-18-38(19-5-1)55-46-27-11-10-25-43(46)51-47(55)31-32-48-52(51)44-30-29-42(36-49(44)56(48)50-28-13-15-34-54-50)57(39-20-6-2-7-21-39,40-22-8-3-9-23-40)41-24-16-17-37(35-41)45-26-12-14-33-53-45/h1-36H. The second-order valence-corrected chi connectivity index (χ2v) is 18.4. The molecule has 0 aliphatic heterocycles. The van der Waals surface area contributed by atoms with E-state index in [1.54, 1.807) is 0 Å². The van der Waals surface area contributed by atoms with Crippen LogP contribution in [0.5, 0.6) is 0 Å². The second-order valence-electron chi connectivity index (χ2n) is 14.6. The van der Waals surface area contributed by atoms with Gasteiger partial charge in [-0.3, -0.25) is 9.55 Å². The van der Waals surface area contributed by atoms with Crippen molar-refractivity contribution in [1.82, 2.24) is 19.1 Å². The van der Waals surface area contributed by atoms with Gasteiger partial charge in [-0.15, -0.1) is 0 Å². The molecule has 0 amide bonds. The molecule has 268 valence electrons. The predicted molar refractivity (Wildman–Crippen MR) is 240 cm³/mol. The van der Waals surface area contributed by atoms with Crippen LogP contribution >= 0.6 is 0 Å². The Hall–Kier alpha value is -7.34. The van der Waals surface area contributed by atoms with Gasteiger partial charge in [0, 0.05) is 45.2 Å². The molecule has 0 bridgehead atoms. The van der Waals surface area contributed by atoms with Crippen molar-refractivity contribution < 1.29 is 0 Å². The summed E-state index contributed by atoms with van der Waals surface area (Å²) in [6.07, 6.45) is 3.77. The smallest absolute Gasteiger partial charge is 0.179 e. The summed E-state index contributed by atoms with van der Waals surface area (Å²) in [5.74, 6) is 0.893. The van der Waals surface area contributed by atoms with Crippen LogP contribution in [-0.2, 0) is 0 Å². The third-order valence-electron chi connectivity index (χ3n) is 11.6. The Morgan fingerprint density at radius 2 is 0.930 bits per heavy atom. The molecule has 0 atom stereocenters. The third kappa shape index (κ3) is 5.13. The highest BCUT2D eigenvalue weighted by Gasteiger charge is 2.42. The van der Waals surface area contributed by atoms with E-state index in [9.17, 15) is 0 Å². The van der Waals surface area contributed by atoms with E-state index >= 15 is 0 Å². The van der Waals surface area contributed by atoms with Gasteiger partial charge < -0.3 is 4.57 Å². The lowest BCUT2D eigenvalue weighted by Crippen LogP contribution is -2.74. The van der Waals surface area contributed by atoms with Gasteiger partial charge in [0.2, 0.25) is 0 Å². The first-order chi connectivity index (χ1) is 28.3. The number of hydrogen-bond acceptors (Lipinski definition) is 2. The van der Waals surface area contributed by atoms with Gasteiger partial charge in [-0.1, -0.05) is 146 Å². The minimum atomic E-state index is -2.96. The van der Waals surface area contributed by atoms with E-state index in [1.165, 1.54) is 53.3 Å². The minimum Gasteiger partial charge on any atom is -0.309 e. The zero-order valence-electron chi connectivity index (χ0n) is 31.1. The van der Waals surface area contributed by atoms with E-state index < -0.39 is 8.07 Å². The molecule has 4 nitrogen and oxygen atoms in total. The van der Waals surface area contributed by atoms with E-state index in [0.717, 1.165) is 33.8 Å². The maximum atomic E-state index is 4.99. The summed E-state index contributed by atoms with van der Waals surface area (Å²) >= 11 is 0. The van der Waals surface area contributed by atoms with Crippen molar-refractivity contribution in [1.29, 1.82) is 0 Å². The Morgan fingerprint density at radius 3 is 1.61 bits per heavy atom. The van der Waals surface area contributed by atoms with Gasteiger partial charge in [0.1, 0.15) is 5.82 Å². The number of hydrogen-bond donors (Lipinski definition) is 0. The fraction of sp³-hybridized carbons (Fsp3) is 0. The number of para-hydroxylation sites is 2. The monoisotopic (exact) mass is 744 g/mol. The molecule has 0 unspecified atom stereocenters. The van der Waals surface area contributed by atoms with Gasteiger partial charge in [-0.05, 0) is 81.4 Å². The number of aromatic nitrogens is 4. The number of benzene rings is 7. The topological polar surface area (TPSA) is 35.6 Å². The molecule has 0 fully saturated rings. The van der Waals surface area contributed by atoms with Crippen molar-refractivity contribution in [3.8, 4) is 22.8 Å². The highest BCUT2D eigenvalue weighted by atomic mass is 28.3. The van der Waals surface area contributed by atoms with Gasteiger partial charge >= 0.3 is 0 Å². The van der Waals surface area contributed by atoms with E-state index in [-0.39, 0.29) is 0 Å². The molecule has 0 N–H and O–H groups in total. The summed E-state index contributed by atoms with van der Waals surface area (Å²) in [6, 6.07) is 75.1. The zero-order valence-corrected chi connectivity index (χ0v) is 32.1. The van der Waals surface area contributed by atoms with Crippen molar-refractivity contribution in [2.75, 3.05) is 0 Å². The molecule has 0 radical (unpaired) electrons. The third-order valence-corrected chi connectivity index (χ3v) is 16.3. The normalized spacial score (nSPS) is 11.9. The summed E-state index contributed by atoms with van der Waals surface area (Å²) in [6.45, 7) is 0. The minimum absolute atomic E-state index is 0.893. The molecule has 0 aliphatic carbocycles. The van der Waals surface area contributed by atoms with Crippen LogP contribution < -0.4 is 20.7 Å². The van der Waals surface area contributed by atoms with Crippen molar-refractivity contribution in [2.24, 2.45) is 0 Å². The lowest BCUT2D eigenvalue weighted by molar-refractivity contribution is 1.08. The quantitative estimate of drug-likeness (QED) is 0.120. The van der Waals surface area contributed by atoms with Crippen LogP contribution in [0, 0.1) is 0 Å². The Labute approximate surface area is 331 Å². The number of pyridine rings is 2. The van der Waals surface area contributed by atoms with E-state index in [2.05, 4.69) is 203 Å². The molecular weight excluding hydrogens is 709 g/mol. The SMILES string of the molecule is c1ccc(-n2c3ccccc3c3c4c5ccc([Si](c6ccccc6)(c6ccccc6)c6cccc(-c7ccccn7)c6)cc5n(-c5ccccn5)c4ccc32)cc1. The molecule has 11 rings (SSSR count). The molecular formula is C52H36N4Si. The van der Waals surface area contributed by atoms with Crippen LogP contribution in [0.3, 0.4) is 0 Å². The summed E-state index contributed by atoms with van der Waals surface area (Å²) in [7, 11) is -2.96. The average molecular weight is 745 g/mol. The lowest BCUT2D eigenvalue weighted by Gasteiger charge is -2.34. The van der Waals surface area contributed by atoms with E-state index in [0.29, 0.717) is 0 Å². The Balaban J connectivity index is 1.28. The fourth-order valence-electron chi connectivity index (χ4n) is 9.21. The van der Waals surface area contributed by atoms with Gasteiger partial charge in [0.05, 0.1) is 27.8 Å². The van der Waals surface area contributed by atoms with E-state index in [1.807, 2.05) is 24.5 Å². The van der Waals surface area contributed by atoms with Crippen LogP contribution in [0.2, 0.25) is 0 Å². The molecule has 5 heteroatoms. The maximum absolute atomic E-state index is 4.99. The molecule has 0 saturated heterocycles. The Bertz CT molecular complexity index is 3170. The van der Waals surface area contributed by atoms with Crippen LogP contribution in [0.15, 0.2) is 219 Å². The molecule has 0 spiro atoms. The highest BCUT2D eigenvalue weighted by molar-refractivity contribution is 7.20. The average Bonchev–Trinajstić information content (AvgIpc) is 3.81. The first kappa shape index (κ1) is 33.0. The summed E-state index contributed by atoms with van der Waals surface area (Å²) in [5.41, 5.74) is 7.86.